The minimum absolute atomic E-state index is 0.293. The molecule has 3 aromatic rings. The summed E-state index contributed by atoms with van der Waals surface area (Å²) in [6, 6.07) is 18.3. The quantitative estimate of drug-likeness (QED) is 0.710. The van der Waals surface area contributed by atoms with Gasteiger partial charge in [-0.1, -0.05) is 42.5 Å². The Morgan fingerprint density at radius 1 is 0.960 bits per heavy atom. The van der Waals surface area contributed by atoms with Crippen LogP contribution in [0.5, 0.6) is 5.75 Å². The van der Waals surface area contributed by atoms with Gasteiger partial charge in [0.15, 0.2) is 0 Å². The Bertz CT molecular complexity index is 890. The molecule has 0 fully saturated rings. The average molecular weight is 352 g/mol. The van der Waals surface area contributed by atoms with Gasteiger partial charge in [-0.25, -0.2) is 0 Å². The van der Waals surface area contributed by atoms with Crippen LogP contribution >= 0.6 is 11.3 Å². The largest absolute Gasteiger partial charge is 0.488 e. The fourth-order valence-electron chi connectivity index (χ4n) is 2.29. The molecule has 126 valence electrons. The SMILES string of the molecule is NC(=O)c1ccsc1NC(=O)c1ccccc1OCc1ccccc1. The van der Waals surface area contributed by atoms with Crippen LogP contribution in [-0.4, -0.2) is 11.8 Å². The highest BCUT2D eigenvalue weighted by atomic mass is 32.1. The van der Waals surface area contributed by atoms with E-state index in [1.165, 1.54) is 11.3 Å². The standard InChI is InChI=1S/C19H16N2O3S/c20-17(22)15-10-11-25-19(15)21-18(23)14-8-4-5-9-16(14)24-12-13-6-2-1-3-7-13/h1-11H,12H2,(H2,20,22)(H,21,23). The van der Waals surface area contributed by atoms with Gasteiger partial charge in [0, 0.05) is 0 Å². The van der Waals surface area contributed by atoms with Gasteiger partial charge in [-0.2, -0.15) is 0 Å². The van der Waals surface area contributed by atoms with Gasteiger partial charge in [-0.3, -0.25) is 9.59 Å². The van der Waals surface area contributed by atoms with Crippen LogP contribution in [0.25, 0.3) is 0 Å². The van der Waals surface area contributed by atoms with Crippen LogP contribution in [0.4, 0.5) is 5.00 Å². The minimum atomic E-state index is -0.579. The molecule has 3 N–H and O–H groups in total. The summed E-state index contributed by atoms with van der Waals surface area (Å²) in [5.74, 6) is -0.459. The van der Waals surface area contributed by atoms with Crippen molar-refractivity contribution in [2.24, 2.45) is 5.73 Å². The summed E-state index contributed by atoms with van der Waals surface area (Å²) in [5, 5.41) is 4.85. The molecule has 2 aromatic carbocycles. The van der Waals surface area contributed by atoms with Gasteiger partial charge >= 0.3 is 0 Å². The molecule has 0 saturated heterocycles. The van der Waals surface area contributed by atoms with E-state index in [1.807, 2.05) is 30.3 Å². The number of thiophene rings is 1. The van der Waals surface area contributed by atoms with Crippen LogP contribution in [0.2, 0.25) is 0 Å². The van der Waals surface area contributed by atoms with E-state index in [9.17, 15) is 9.59 Å². The molecule has 0 atom stereocenters. The molecular formula is C19H16N2O3S. The Morgan fingerprint density at radius 3 is 2.44 bits per heavy atom. The number of benzene rings is 2. The van der Waals surface area contributed by atoms with Crippen molar-refractivity contribution in [3.05, 3.63) is 82.7 Å². The second-order valence-electron chi connectivity index (χ2n) is 5.25. The second kappa shape index (κ2) is 7.63. The van der Waals surface area contributed by atoms with E-state index in [2.05, 4.69) is 5.32 Å². The molecule has 0 aliphatic rings. The van der Waals surface area contributed by atoms with Crippen molar-refractivity contribution in [2.45, 2.75) is 6.61 Å². The summed E-state index contributed by atoms with van der Waals surface area (Å²) in [7, 11) is 0. The number of para-hydroxylation sites is 1. The van der Waals surface area contributed by atoms with Gasteiger partial charge < -0.3 is 15.8 Å². The van der Waals surface area contributed by atoms with Crippen LogP contribution in [-0.2, 0) is 6.61 Å². The number of hydrogen-bond donors (Lipinski definition) is 2. The lowest BCUT2D eigenvalue weighted by molar-refractivity contribution is 0.100. The Morgan fingerprint density at radius 2 is 1.68 bits per heavy atom. The number of rotatable bonds is 6. The third kappa shape index (κ3) is 4.05. The van der Waals surface area contributed by atoms with Gasteiger partial charge in [0.05, 0.1) is 11.1 Å². The summed E-state index contributed by atoms with van der Waals surface area (Å²) in [6.07, 6.45) is 0. The molecule has 5 nitrogen and oxygen atoms in total. The van der Waals surface area contributed by atoms with Crippen molar-refractivity contribution >= 4 is 28.2 Å². The first kappa shape index (κ1) is 16.7. The average Bonchev–Trinajstić information content (AvgIpc) is 3.09. The van der Waals surface area contributed by atoms with Crippen LogP contribution in [0, 0.1) is 0 Å². The number of hydrogen-bond acceptors (Lipinski definition) is 4. The minimum Gasteiger partial charge on any atom is -0.488 e. The van der Waals surface area contributed by atoms with E-state index >= 15 is 0 Å². The number of anilines is 1. The van der Waals surface area contributed by atoms with Crippen LogP contribution < -0.4 is 15.8 Å². The Balaban J connectivity index is 1.76. The van der Waals surface area contributed by atoms with Gasteiger partial charge in [-0.15, -0.1) is 11.3 Å². The monoisotopic (exact) mass is 352 g/mol. The lowest BCUT2D eigenvalue weighted by Gasteiger charge is -2.11. The van der Waals surface area contributed by atoms with E-state index in [0.29, 0.717) is 28.5 Å². The first-order valence-electron chi connectivity index (χ1n) is 7.59. The zero-order valence-electron chi connectivity index (χ0n) is 13.3. The fraction of sp³-hybridized carbons (Fsp3) is 0.0526. The Kier molecular flexibility index (Phi) is 5.11. The molecule has 0 unspecified atom stereocenters. The van der Waals surface area contributed by atoms with Crippen molar-refractivity contribution < 1.29 is 14.3 Å². The maximum Gasteiger partial charge on any atom is 0.260 e. The van der Waals surface area contributed by atoms with Crippen LogP contribution in [0.15, 0.2) is 66.0 Å². The summed E-state index contributed by atoms with van der Waals surface area (Å²) < 4.78 is 5.79. The molecule has 0 aliphatic heterocycles. The fourth-order valence-corrected chi connectivity index (χ4v) is 3.07. The summed E-state index contributed by atoms with van der Waals surface area (Å²) >= 11 is 1.24. The van der Waals surface area contributed by atoms with Gasteiger partial charge in [-0.05, 0) is 29.1 Å². The van der Waals surface area contributed by atoms with E-state index in [1.54, 1.807) is 35.7 Å². The van der Waals surface area contributed by atoms with Gasteiger partial charge in [0.1, 0.15) is 17.4 Å². The van der Waals surface area contributed by atoms with Crippen molar-refractivity contribution in [1.82, 2.24) is 0 Å². The summed E-state index contributed by atoms with van der Waals surface area (Å²) in [4.78, 5) is 24.0. The van der Waals surface area contributed by atoms with E-state index < -0.39 is 5.91 Å². The molecule has 25 heavy (non-hydrogen) atoms. The normalized spacial score (nSPS) is 10.2. The first-order valence-corrected chi connectivity index (χ1v) is 8.47. The highest BCUT2D eigenvalue weighted by Gasteiger charge is 2.16. The Hall–Kier alpha value is -3.12. The molecule has 0 aliphatic carbocycles. The van der Waals surface area contributed by atoms with Gasteiger partial charge in [0.2, 0.25) is 0 Å². The number of carbonyl (C=O) groups is 2. The number of primary amides is 1. The number of nitrogens with two attached hydrogens (primary N) is 1. The number of ether oxygens (including phenoxy) is 1. The second-order valence-corrected chi connectivity index (χ2v) is 6.17. The topological polar surface area (TPSA) is 81.4 Å². The van der Waals surface area contributed by atoms with Crippen molar-refractivity contribution in [2.75, 3.05) is 5.32 Å². The predicted molar refractivity (Wildman–Crippen MR) is 98.0 cm³/mol. The maximum absolute atomic E-state index is 12.6. The molecule has 3 rings (SSSR count). The Labute approximate surface area is 149 Å². The molecule has 1 aromatic heterocycles. The van der Waals surface area contributed by atoms with Crippen molar-refractivity contribution in [3.8, 4) is 5.75 Å². The number of amides is 2. The summed E-state index contributed by atoms with van der Waals surface area (Å²) in [6.45, 7) is 0.358. The molecule has 6 heteroatoms. The predicted octanol–water partition coefficient (Wildman–Crippen LogP) is 3.68. The highest BCUT2D eigenvalue weighted by molar-refractivity contribution is 7.14. The third-order valence-electron chi connectivity index (χ3n) is 3.53. The molecule has 0 radical (unpaired) electrons. The summed E-state index contributed by atoms with van der Waals surface area (Å²) in [5.41, 5.74) is 7.00. The third-order valence-corrected chi connectivity index (χ3v) is 4.36. The molecule has 1 heterocycles. The van der Waals surface area contributed by atoms with Crippen LogP contribution in [0.1, 0.15) is 26.3 Å². The maximum atomic E-state index is 12.6. The molecular weight excluding hydrogens is 336 g/mol. The smallest absolute Gasteiger partial charge is 0.260 e. The number of nitrogens with one attached hydrogen (secondary N) is 1. The van der Waals surface area contributed by atoms with E-state index in [0.717, 1.165) is 5.56 Å². The number of carbonyl (C=O) groups excluding carboxylic acids is 2. The van der Waals surface area contributed by atoms with Crippen molar-refractivity contribution in [1.29, 1.82) is 0 Å². The first-order chi connectivity index (χ1) is 12.1. The van der Waals surface area contributed by atoms with Crippen LogP contribution in [0.3, 0.4) is 0 Å². The zero-order valence-corrected chi connectivity index (χ0v) is 14.1. The molecule has 0 bridgehead atoms. The van der Waals surface area contributed by atoms with E-state index in [-0.39, 0.29) is 5.91 Å². The van der Waals surface area contributed by atoms with Crippen molar-refractivity contribution in [3.63, 3.8) is 0 Å². The van der Waals surface area contributed by atoms with E-state index in [4.69, 9.17) is 10.5 Å². The highest BCUT2D eigenvalue weighted by Crippen LogP contribution is 2.26. The lowest BCUT2D eigenvalue weighted by atomic mass is 10.2. The lowest BCUT2D eigenvalue weighted by Crippen LogP contribution is -2.17. The molecule has 0 saturated carbocycles. The van der Waals surface area contributed by atoms with Gasteiger partial charge in [0.25, 0.3) is 11.8 Å². The molecule has 2 amide bonds. The zero-order chi connectivity index (χ0) is 17.6. The molecule has 0 spiro atoms.